The van der Waals surface area contributed by atoms with Gasteiger partial charge in [-0.25, -0.2) is 0 Å². The number of rotatable bonds is 7. The standard InChI is InChI=1S/C14H19N5O4/c1-10-3-2-4-11(5-10)12-15-13(18(6-20)7-21)17-14(16-12)19(8-22)9-23/h2-5,20-23H,6-9H2,1H3. The van der Waals surface area contributed by atoms with E-state index in [1.54, 1.807) is 6.07 Å². The number of aryl methyl sites for hydroxylation is 1. The third-order valence-corrected chi connectivity index (χ3v) is 3.14. The molecule has 0 bridgehead atoms. The number of anilines is 2. The zero-order valence-electron chi connectivity index (χ0n) is 12.7. The van der Waals surface area contributed by atoms with E-state index in [2.05, 4.69) is 15.0 Å². The molecule has 2 aromatic rings. The zero-order chi connectivity index (χ0) is 16.8. The van der Waals surface area contributed by atoms with Gasteiger partial charge in [-0.05, 0) is 13.0 Å². The molecule has 0 aliphatic heterocycles. The summed E-state index contributed by atoms with van der Waals surface area (Å²) in [4.78, 5) is 14.7. The van der Waals surface area contributed by atoms with Crippen LogP contribution < -0.4 is 9.80 Å². The molecule has 0 fully saturated rings. The van der Waals surface area contributed by atoms with Crippen LogP contribution in [-0.4, -0.2) is 62.3 Å². The van der Waals surface area contributed by atoms with Gasteiger partial charge in [-0.1, -0.05) is 23.8 Å². The van der Waals surface area contributed by atoms with Crippen LogP contribution in [0.5, 0.6) is 0 Å². The van der Waals surface area contributed by atoms with Gasteiger partial charge in [0, 0.05) is 5.56 Å². The maximum atomic E-state index is 9.28. The number of aromatic nitrogens is 3. The Bertz CT molecular complexity index is 617. The molecule has 9 heteroatoms. The van der Waals surface area contributed by atoms with Gasteiger partial charge in [0.1, 0.15) is 26.9 Å². The maximum Gasteiger partial charge on any atom is 0.234 e. The van der Waals surface area contributed by atoms with Crippen LogP contribution in [0.3, 0.4) is 0 Å². The molecule has 0 unspecified atom stereocenters. The fourth-order valence-electron chi connectivity index (χ4n) is 1.89. The van der Waals surface area contributed by atoms with Crippen molar-refractivity contribution in [1.82, 2.24) is 15.0 Å². The van der Waals surface area contributed by atoms with E-state index >= 15 is 0 Å². The largest absolute Gasteiger partial charge is 0.376 e. The van der Waals surface area contributed by atoms with Crippen LogP contribution in [-0.2, 0) is 0 Å². The van der Waals surface area contributed by atoms with E-state index in [-0.39, 0.29) is 11.9 Å². The Labute approximate surface area is 133 Å². The van der Waals surface area contributed by atoms with Crippen LogP contribution in [0.25, 0.3) is 11.4 Å². The van der Waals surface area contributed by atoms with Crippen molar-refractivity contribution in [2.75, 3.05) is 36.7 Å². The molecule has 9 nitrogen and oxygen atoms in total. The Balaban J connectivity index is 2.56. The number of aliphatic hydroxyl groups is 4. The fraction of sp³-hybridized carbons (Fsp3) is 0.357. The minimum absolute atomic E-state index is 0.0309. The van der Waals surface area contributed by atoms with Crippen LogP contribution in [0, 0.1) is 6.92 Å². The monoisotopic (exact) mass is 321 g/mol. The quantitative estimate of drug-likeness (QED) is 0.488. The fourth-order valence-corrected chi connectivity index (χ4v) is 1.89. The second-order valence-electron chi connectivity index (χ2n) is 4.77. The molecule has 0 aliphatic carbocycles. The van der Waals surface area contributed by atoms with Gasteiger partial charge in [0.2, 0.25) is 11.9 Å². The van der Waals surface area contributed by atoms with Crippen LogP contribution in [0.2, 0.25) is 0 Å². The summed E-state index contributed by atoms with van der Waals surface area (Å²) in [6.07, 6.45) is 0. The van der Waals surface area contributed by atoms with Gasteiger partial charge in [0.05, 0.1) is 0 Å². The van der Waals surface area contributed by atoms with Crippen molar-refractivity contribution in [3.05, 3.63) is 29.8 Å². The number of hydrogen-bond donors (Lipinski definition) is 4. The van der Waals surface area contributed by atoms with Gasteiger partial charge >= 0.3 is 0 Å². The first-order valence-corrected chi connectivity index (χ1v) is 6.89. The Kier molecular flexibility index (Phi) is 5.77. The average molecular weight is 321 g/mol. The van der Waals surface area contributed by atoms with Gasteiger partial charge in [-0.2, -0.15) is 15.0 Å². The first-order chi connectivity index (χ1) is 11.1. The lowest BCUT2D eigenvalue weighted by Crippen LogP contribution is -2.31. The summed E-state index contributed by atoms with van der Waals surface area (Å²) in [7, 11) is 0. The van der Waals surface area contributed by atoms with Crippen molar-refractivity contribution in [2.45, 2.75) is 6.92 Å². The van der Waals surface area contributed by atoms with Crippen molar-refractivity contribution in [1.29, 1.82) is 0 Å². The van der Waals surface area contributed by atoms with E-state index in [4.69, 9.17) is 0 Å². The summed E-state index contributed by atoms with van der Waals surface area (Å²) in [6, 6.07) is 7.45. The van der Waals surface area contributed by atoms with Crippen molar-refractivity contribution >= 4 is 11.9 Å². The summed E-state index contributed by atoms with van der Waals surface area (Å²) in [6.45, 7) is -0.0537. The minimum atomic E-state index is -0.495. The molecule has 0 aliphatic rings. The van der Waals surface area contributed by atoms with Gasteiger partial charge in [0.15, 0.2) is 5.82 Å². The average Bonchev–Trinajstić information content (AvgIpc) is 2.57. The number of hydrogen-bond acceptors (Lipinski definition) is 9. The summed E-state index contributed by atoms with van der Waals surface area (Å²) >= 11 is 0. The van der Waals surface area contributed by atoms with Crippen molar-refractivity contribution in [3.63, 3.8) is 0 Å². The van der Waals surface area contributed by atoms with E-state index in [1.807, 2.05) is 25.1 Å². The molecular weight excluding hydrogens is 302 g/mol. The summed E-state index contributed by atoms with van der Waals surface area (Å²) in [5.74, 6) is 0.360. The third-order valence-electron chi connectivity index (χ3n) is 3.14. The highest BCUT2D eigenvalue weighted by Gasteiger charge is 2.16. The summed E-state index contributed by atoms with van der Waals surface area (Å²) < 4.78 is 0. The highest BCUT2D eigenvalue weighted by molar-refractivity contribution is 5.59. The zero-order valence-corrected chi connectivity index (χ0v) is 12.7. The molecule has 124 valence electrons. The predicted octanol–water partition coefficient (Wildman–Crippen LogP) is -0.741. The lowest BCUT2D eigenvalue weighted by atomic mass is 10.1. The molecule has 1 aromatic carbocycles. The summed E-state index contributed by atoms with van der Waals surface area (Å²) in [5, 5.41) is 37.1. The van der Waals surface area contributed by atoms with Gasteiger partial charge in [0.25, 0.3) is 0 Å². The minimum Gasteiger partial charge on any atom is -0.376 e. The predicted molar refractivity (Wildman–Crippen MR) is 83.3 cm³/mol. The first kappa shape index (κ1) is 17.0. The molecule has 4 N–H and O–H groups in total. The van der Waals surface area contributed by atoms with E-state index in [1.165, 1.54) is 0 Å². The molecule has 0 saturated heterocycles. The van der Waals surface area contributed by atoms with Crippen molar-refractivity contribution in [3.8, 4) is 11.4 Å². The van der Waals surface area contributed by atoms with E-state index < -0.39 is 26.9 Å². The SMILES string of the molecule is Cc1cccc(-c2nc(N(CO)CO)nc(N(CO)CO)n2)c1. The van der Waals surface area contributed by atoms with E-state index in [9.17, 15) is 20.4 Å². The Hall–Kier alpha value is -2.33. The van der Waals surface area contributed by atoms with E-state index in [0.29, 0.717) is 11.4 Å². The molecular formula is C14H19N5O4. The van der Waals surface area contributed by atoms with Gasteiger partial charge < -0.3 is 20.4 Å². The smallest absolute Gasteiger partial charge is 0.234 e. The summed E-state index contributed by atoms with van der Waals surface area (Å²) in [5.41, 5.74) is 1.72. The van der Waals surface area contributed by atoms with Crippen molar-refractivity contribution in [2.24, 2.45) is 0 Å². The normalized spacial score (nSPS) is 10.7. The Morgan fingerprint density at radius 1 is 0.826 bits per heavy atom. The van der Waals surface area contributed by atoms with Crippen LogP contribution >= 0.6 is 0 Å². The molecule has 0 saturated carbocycles. The van der Waals surface area contributed by atoms with Crippen LogP contribution in [0.15, 0.2) is 24.3 Å². The molecule has 0 radical (unpaired) electrons. The van der Waals surface area contributed by atoms with Crippen molar-refractivity contribution < 1.29 is 20.4 Å². The van der Waals surface area contributed by atoms with Gasteiger partial charge in [-0.3, -0.25) is 9.80 Å². The molecule has 2 rings (SSSR count). The Morgan fingerprint density at radius 3 is 1.78 bits per heavy atom. The highest BCUT2D eigenvalue weighted by atomic mass is 16.3. The Morgan fingerprint density at radius 2 is 1.35 bits per heavy atom. The lowest BCUT2D eigenvalue weighted by molar-refractivity contribution is 0.217. The topological polar surface area (TPSA) is 126 Å². The first-order valence-electron chi connectivity index (χ1n) is 6.89. The third kappa shape index (κ3) is 3.90. The second kappa shape index (κ2) is 7.79. The molecule has 0 amide bonds. The number of aliphatic hydroxyl groups excluding tert-OH is 4. The molecule has 1 heterocycles. The second-order valence-corrected chi connectivity index (χ2v) is 4.77. The van der Waals surface area contributed by atoms with Crippen LogP contribution in [0.1, 0.15) is 5.56 Å². The molecule has 23 heavy (non-hydrogen) atoms. The molecule has 0 atom stereocenters. The van der Waals surface area contributed by atoms with Gasteiger partial charge in [-0.15, -0.1) is 0 Å². The van der Waals surface area contributed by atoms with Crippen LogP contribution in [0.4, 0.5) is 11.9 Å². The van der Waals surface area contributed by atoms with E-state index in [0.717, 1.165) is 15.4 Å². The highest BCUT2D eigenvalue weighted by Crippen LogP contribution is 2.21. The maximum absolute atomic E-state index is 9.28. The molecule has 1 aromatic heterocycles. The lowest BCUT2D eigenvalue weighted by Gasteiger charge is -2.21. The number of benzene rings is 1. The molecule has 0 spiro atoms. The number of nitrogens with zero attached hydrogens (tertiary/aromatic N) is 5.